The highest BCUT2D eigenvalue weighted by atomic mass is 32.2. The van der Waals surface area contributed by atoms with E-state index in [1.165, 1.54) is 0 Å². The summed E-state index contributed by atoms with van der Waals surface area (Å²) in [6.07, 6.45) is 0.889. The van der Waals surface area contributed by atoms with Crippen molar-refractivity contribution in [1.82, 2.24) is 9.19 Å². The molecule has 1 aromatic heterocycles. The number of aromatic carboxylic acids is 1. The number of ether oxygens (including phenoxy) is 1. The van der Waals surface area contributed by atoms with Gasteiger partial charge in [0.2, 0.25) is 0 Å². The number of carbonyl (C=O) groups is 1. The fraction of sp³-hybridized carbons (Fsp3) is 0.600. The van der Waals surface area contributed by atoms with Gasteiger partial charge in [0, 0.05) is 18.4 Å². The molecule has 0 saturated carbocycles. The molecule has 0 atom stereocenters. The maximum Gasteiger partial charge on any atom is 0.356 e. The summed E-state index contributed by atoms with van der Waals surface area (Å²) in [6, 6.07) is 0. The molecule has 2 rings (SSSR count). The molecule has 1 aromatic rings. The Hall–Kier alpha value is -1.08. The smallest absolute Gasteiger partial charge is 0.356 e. The van der Waals surface area contributed by atoms with Crippen molar-refractivity contribution in [2.24, 2.45) is 0 Å². The van der Waals surface area contributed by atoms with Gasteiger partial charge < -0.3 is 9.84 Å². The van der Waals surface area contributed by atoms with Gasteiger partial charge in [-0.2, -0.15) is 9.19 Å². The van der Waals surface area contributed by atoms with Crippen LogP contribution in [0.15, 0.2) is 0 Å². The highest BCUT2D eigenvalue weighted by Gasteiger charge is 2.31. The molecule has 0 aliphatic carbocycles. The van der Waals surface area contributed by atoms with Gasteiger partial charge in [0.15, 0.2) is 18.0 Å². The third kappa shape index (κ3) is 2.30. The van der Waals surface area contributed by atoms with Crippen LogP contribution in [-0.4, -0.2) is 32.5 Å². The molecule has 0 spiro atoms. The van der Waals surface area contributed by atoms with E-state index in [1.807, 2.05) is 13.8 Å². The van der Waals surface area contributed by atoms with Gasteiger partial charge in [0.1, 0.15) is 0 Å². The average molecular weight is 260 g/mol. The number of hydrogen-bond acceptors (Lipinski definition) is 4. The average Bonchev–Trinajstić information content (AvgIpc) is 2.48. The molecule has 0 radical (unpaired) electrons. The maximum absolute atomic E-state index is 12.7. The van der Waals surface area contributed by atoms with Crippen LogP contribution in [0.1, 0.15) is 35.6 Å². The largest absolute Gasteiger partial charge is 0.476 e. The molecule has 0 fully saturated rings. The second kappa shape index (κ2) is 4.30. The Bertz CT molecular complexity index is 459. The molecule has 5 nitrogen and oxygen atoms in total. The van der Waals surface area contributed by atoms with Gasteiger partial charge in [0.25, 0.3) is 0 Å². The van der Waals surface area contributed by atoms with Crippen molar-refractivity contribution in [3.05, 3.63) is 17.0 Å². The third-order valence-corrected chi connectivity index (χ3v) is 3.19. The van der Waals surface area contributed by atoms with Crippen LogP contribution in [0.4, 0.5) is 3.89 Å². The lowest BCUT2D eigenvalue weighted by Crippen LogP contribution is -2.27. The summed E-state index contributed by atoms with van der Waals surface area (Å²) in [7, 11) is 0. The highest BCUT2D eigenvalue weighted by molar-refractivity contribution is 7.92. The van der Waals surface area contributed by atoms with Crippen LogP contribution < -0.4 is 0 Å². The van der Waals surface area contributed by atoms with E-state index in [2.05, 4.69) is 5.10 Å². The molecule has 0 amide bonds. The molecule has 0 bridgehead atoms. The minimum Gasteiger partial charge on any atom is -0.476 e. The van der Waals surface area contributed by atoms with Crippen LogP contribution in [0.2, 0.25) is 0 Å². The van der Waals surface area contributed by atoms with E-state index >= 15 is 0 Å². The fourth-order valence-electron chi connectivity index (χ4n) is 2.03. The topological polar surface area (TPSA) is 64.3 Å². The van der Waals surface area contributed by atoms with Crippen LogP contribution in [-0.2, 0) is 17.6 Å². The Labute approximate surface area is 102 Å². The van der Waals surface area contributed by atoms with Crippen LogP contribution in [0.25, 0.3) is 0 Å². The number of halogens is 1. The monoisotopic (exact) mass is 260 g/mol. The summed E-state index contributed by atoms with van der Waals surface area (Å²) in [5.74, 6) is -1.13. The number of aromatic nitrogens is 2. The summed E-state index contributed by atoms with van der Waals surface area (Å²) in [4.78, 5) is 11.1. The molecular formula is C10H13FN2O3S. The first-order valence-electron chi connectivity index (χ1n) is 5.22. The Kier molecular flexibility index (Phi) is 3.13. The first-order chi connectivity index (χ1) is 7.94. The second-order valence-corrected chi connectivity index (χ2v) is 5.04. The Balaban J connectivity index is 2.53. The summed E-state index contributed by atoms with van der Waals surface area (Å²) < 4.78 is 19.3. The Morgan fingerprint density at radius 1 is 1.65 bits per heavy atom. The van der Waals surface area contributed by atoms with Crippen molar-refractivity contribution in [3.63, 3.8) is 0 Å². The van der Waals surface area contributed by atoms with E-state index in [-0.39, 0.29) is 18.0 Å². The summed E-state index contributed by atoms with van der Waals surface area (Å²) in [5, 5.41) is 12.8. The number of carboxylic acid groups (broad SMARTS) is 1. The van der Waals surface area contributed by atoms with E-state index in [0.717, 1.165) is 4.09 Å². The summed E-state index contributed by atoms with van der Waals surface area (Å²) in [6.45, 7) is 4.20. The van der Waals surface area contributed by atoms with Gasteiger partial charge in [0.05, 0.1) is 17.9 Å². The van der Waals surface area contributed by atoms with E-state index in [9.17, 15) is 8.68 Å². The highest BCUT2D eigenvalue weighted by Crippen LogP contribution is 2.29. The summed E-state index contributed by atoms with van der Waals surface area (Å²) >= 11 is -0.0823. The second-order valence-electron chi connectivity index (χ2n) is 4.56. The zero-order chi connectivity index (χ0) is 12.6. The van der Waals surface area contributed by atoms with Crippen LogP contribution in [0.5, 0.6) is 0 Å². The van der Waals surface area contributed by atoms with E-state index in [0.29, 0.717) is 30.7 Å². The van der Waals surface area contributed by atoms with Crippen molar-refractivity contribution in [3.8, 4) is 0 Å². The van der Waals surface area contributed by atoms with Crippen molar-refractivity contribution in [1.29, 1.82) is 0 Å². The zero-order valence-corrected chi connectivity index (χ0v) is 10.4. The lowest BCUT2D eigenvalue weighted by atomic mass is 9.97. The number of rotatable bonds is 2. The first-order valence-corrected chi connectivity index (χ1v) is 5.89. The number of hydrogen-bond donors (Lipinski definition) is 1. The maximum atomic E-state index is 12.7. The molecule has 1 aliphatic heterocycles. The van der Waals surface area contributed by atoms with Gasteiger partial charge >= 0.3 is 5.97 Å². The van der Waals surface area contributed by atoms with Gasteiger partial charge in [-0.3, -0.25) is 0 Å². The van der Waals surface area contributed by atoms with Crippen LogP contribution in [0.3, 0.4) is 0 Å². The fourth-order valence-corrected chi connectivity index (χ4v) is 2.42. The molecule has 1 N–H and O–H groups in total. The predicted molar refractivity (Wildman–Crippen MR) is 60.7 cm³/mol. The SMILES string of the molecule is CC1(C)Cc2c(C(=O)O)nn(SF)c2CCO1. The molecule has 0 unspecified atom stereocenters. The van der Waals surface area contributed by atoms with E-state index in [4.69, 9.17) is 9.84 Å². The minimum absolute atomic E-state index is 0.0799. The third-order valence-electron chi connectivity index (χ3n) is 2.76. The zero-order valence-electron chi connectivity index (χ0n) is 9.57. The Morgan fingerprint density at radius 3 is 2.94 bits per heavy atom. The lowest BCUT2D eigenvalue weighted by Gasteiger charge is -2.22. The molecule has 1 aliphatic rings. The molecule has 94 valence electrons. The van der Waals surface area contributed by atoms with Gasteiger partial charge in [-0.25, -0.2) is 4.79 Å². The molecule has 0 aromatic carbocycles. The van der Waals surface area contributed by atoms with Crippen molar-refractivity contribution in [2.45, 2.75) is 32.3 Å². The lowest BCUT2D eigenvalue weighted by molar-refractivity contribution is -0.0107. The molecular weight excluding hydrogens is 247 g/mol. The number of carboxylic acids is 1. The molecule has 17 heavy (non-hydrogen) atoms. The van der Waals surface area contributed by atoms with Crippen LogP contribution in [0, 0.1) is 0 Å². The normalized spacial score (nSPS) is 18.5. The number of fused-ring (bicyclic) bond motifs is 1. The molecule has 7 heteroatoms. The Morgan fingerprint density at radius 2 is 2.35 bits per heavy atom. The van der Waals surface area contributed by atoms with E-state index < -0.39 is 11.6 Å². The van der Waals surface area contributed by atoms with Gasteiger partial charge in [-0.05, 0) is 13.8 Å². The quantitative estimate of drug-likeness (QED) is 0.879. The first kappa shape index (κ1) is 12.4. The number of nitrogens with zero attached hydrogens (tertiary/aromatic N) is 2. The predicted octanol–water partition coefficient (Wildman–Crippen LogP) is 1.86. The van der Waals surface area contributed by atoms with Crippen molar-refractivity contribution in [2.75, 3.05) is 6.61 Å². The summed E-state index contributed by atoms with van der Waals surface area (Å²) in [5.41, 5.74) is 0.638. The minimum atomic E-state index is -1.13. The molecule has 0 saturated heterocycles. The standard InChI is InChI=1S/C10H13FN2O3S/c1-10(2)5-6-7(3-4-16-10)13(17-11)12-8(6)9(14)15/h3-5H2,1-2H3,(H,14,15). The van der Waals surface area contributed by atoms with Gasteiger partial charge in [-0.1, -0.05) is 0 Å². The van der Waals surface area contributed by atoms with Crippen molar-refractivity contribution >= 4 is 18.3 Å². The molecule has 2 heterocycles. The van der Waals surface area contributed by atoms with Crippen LogP contribution >= 0.6 is 12.3 Å². The van der Waals surface area contributed by atoms with Gasteiger partial charge in [-0.15, -0.1) is 3.89 Å². The van der Waals surface area contributed by atoms with Crippen molar-refractivity contribution < 1.29 is 18.5 Å². The van der Waals surface area contributed by atoms with E-state index in [1.54, 1.807) is 0 Å².